The van der Waals surface area contributed by atoms with Crippen LogP contribution in [-0.2, 0) is 0 Å². The molecule has 0 atom stereocenters. The Morgan fingerprint density at radius 2 is 1.91 bits per heavy atom. The fourth-order valence-corrected chi connectivity index (χ4v) is 2.22. The highest BCUT2D eigenvalue weighted by atomic mass is 32.2. The molecule has 1 nitrogen and oxygen atoms in total. The molecule has 66 valence electrons. The van der Waals surface area contributed by atoms with Crippen LogP contribution >= 0.6 is 11.8 Å². The van der Waals surface area contributed by atoms with E-state index in [0.717, 1.165) is 0 Å². The molecule has 11 heavy (non-hydrogen) atoms. The van der Waals surface area contributed by atoms with Crippen molar-refractivity contribution < 1.29 is 18.3 Å². The van der Waals surface area contributed by atoms with Crippen LogP contribution in [0.15, 0.2) is 0 Å². The maximum atomic E-state index is 11.7. The van der Waals surface area contributed by atoms with Crippen molar-refractivity contribution in [2.75, 3.05) is 6.61 Å². The number of hydrogen-bond acceptors (Lipinski definition) is 2. The molecule has 1 aliphatic carbocycles. The molecule has 0 amide bonds. The van der Waals surface area contributed by atoms with Gasteiger partial charge in [-0.25, -0.2) is 0 Å². The van der Waals surface area contributed by atoms with E-state index in [1.807, 2.05) is 0 Å². The topological polar surface area (TPSA) is 20.2 Å². The zero-order valence-corrected chi connectivity index (χ0v) is 6.58. The molecule has 0 bridgehead atoms. The van der Waals surface area contributed by atoms with Crippen LogP contribution in [0, 0.1) is 5.92 Å². The van der Waals surface area contributed by atoms with E-state index in [1.165, 1.54) is 0 Å². The number of rotatable bonds is 2. The lowest BCUT2D eigenvalue weighted by molar-refractivity contribution is -0.0345. The Kier molecular flexibility index (Phi) is 2.70. The van der Waals surface area contributed by atoms with E-state index in [1.54, 1.807) is 0 Å². The molecule has 0 aromatic rings. The summed E-state index contributed by atoms with van der Waals surface area (Å²) < 4.78 is 35.0. The second-order valence-corrected chi connectivity index (χ2v) is 4.07. The van der Waals surface area contributed by atoms with E-state index in [9.17, 15) is 13.2 Å². The molecule has 1 fully saturated rings. The van der Waals surface area contributed by atoms with Gasteiger partial charge in [-0.1, -0.05) is 0 Å². The molecule has 5 heteroatoms. The first-order valence-corrected chi connectivity index (χ1v) is 4.24. The number of aliphatic hydroxyl groups is 1. The zero-order valence-electron chi connectivity index (χ0n) is 5.77. The van der Waals surface area contributed by atoms with Crippen LogP contribution in [0.1, 0.15) is 12.8 Å². The molecular weight excluding hydrogens is 177 g/mol. The second kappa shape index (κ2) is 3.23. The van der Waals surface area contributed by atoms with E-state index in [-0.39, 0.29) is 29.5 Å². The fraction of sp³-hybridized carbons (Fsp3) is 1.00. The molecule has 0 spiro atoms. The highest BCUT2D eigenvalue weighted by Crippen LogP contribution is 2.44. The van der Waals surface area contributed by atoms with Gasteiger partial charge in [0.15, 0.2) is 0 Å². The SMILES string of the molecule is OCC1CC(SC(F)(F)F)C1. The normalized spacial score (nSPS) is 31.6. The minimum absolute atomic E-state index is 0.0227. The van der Waals surface area contributed by atoms with Crippen molar-refractivity contribution in [1.82, 2.24) is 0 Å². The van der Waals surface area contributed by atoms with Gasteiger partial charge in [0.1, 0.15) is 0 Å². The van der Waals surface area contributed by atoms with Crippen molar-refractivity contribution in [3.05, 3.63) is 0 Å². The Labute approximate surface area is 67.0 Å². The summed E-state index contributed by atoms with van der Waals surface area (Å²) in [6.07, 6.45) is 1.00. The second-order valence-electron chi connectivity index (χ2n) is 2.71. The van der Waals surface area contributed by atoms with Crippen LogP contribution in [0.2, 0.25) is 0 Å². The molecule has 1 saturated carbocycles. The number of alkyl halides is 3. The van der Waals surface area contributed by atoms with Gasteiger partial charge >= 0.3 is 5.51 Å². The smallest absolute Gasteiger partial charge is 0.396 e. The van der Waals surface area contributed by atoms with Crippen molar-refractivity contribution in [1.29, 1.82) is 0 Å². The predicted octanol–water partition coefficient (Wildman–Crippen LogP) is 2.01. The molecule has 0 aromatic heterocycles. The van der Waals surface area contributed by atoms with Gasteiger partial charge in [0.25, 0.3) is 0 Å². The molecule has 0 unspecified atom stereocenters. The minimum atomic E-state index is -4.11. The summed E-state index contributed by atoms with van der Waals surface area (Å²) in [6.45, 7) is 0.0227. The van der Waals surface area contributed by atoms with Crippen molar-refractivity contribution in [2.45, 2.75) is 23.6 Å². The van der Waals surface area contributed by atoms with E-state index in [2.05, 4.69) is 0 Å². The van der Waals surface area contributed by atoms with E-state index >= 15 is 0 Å². The maximum absolute atomic E-state index is 11.7. The van der Waals surface area contributed by atoms with E-state index < -0.39 is 5.51 Å². The molecule has 0 aromatic carbocycles. The monoisotopic (exact) mass is 186 g/mol. The summed E-state index contributed by atoms with van der Waals surface area (Å²) in [5.41, 5.74) is -4.11. The summed E-state index contributed by atoms with van der Waals surface area (Å²) in [5, 5.41) is 8.20. The number of hydrogen-bond donors (Lipinski definition) is 1. The predicted molar refractivity (Wildman–Crippen MR) is 37.2 cm³/mol. The molecular formula is C6H9F3OS. The van der Waals surface area contributed by atoms with Crippen LogP contribution in [0.5, 0.6) is 0 Å². The number of aliphatic hydroxyl groups excluding tert-OH is 1. The van der Waals surface area contributed by atoms with E-state index in [4.69, 9.17) is 5.11 Å². The Morgan fingerprint density at radius 1 is 1.36 bits per heavy atom. The Bertz CT molecular complexity index is 130. The molecule has 1 rings (SSSR count). The van der Waals surface area contributed by atoms with Gasteiger partial charge in [-0.15, -0.1) is 0 Å². The number of thioether (sulfide) groups is 1. The van der Waals surface area contributed by atoms with Gasteiger partial charge < -0.3 is 5.11 Å². The van der Waals surface area contributed by atoms with Crippen LogP contribution < -0.4 is 0 Å². The van der Waals surface area contributed by atoms with Gasteiger partial charge in [-0.2, -0.15) is 13.2 Å². The average molecular weight is 186 g/mol. The van der Waals surface area contributed by atoms with Gasteiger partial charge in [-0.3, -0.25) is 0 Å². The summed E-state index contributed by atoms with van der Waals surface area (Å²) in [5.74, 6) is 0.106. The molecule has 1 N–H and O–H groups in total. The van der Waals surface area contributed by atoms with E-state index in [0.29, 0.717) is 12.8 Å². The van der Waals surface area contributed by atoms with Crippen molar-refractivity contribution in [3.8, 4) is 0 Å². The van der Waals surface area contributed by atoms with Crippen LogP contribution in [0.25, 0.3) is 0 Å². The lowest BCUT2D eigenvalue weighted by Gasteiger charge is -2.33. The third-order valence-electron chi connectivity index (χ3n) is 1.75. The first-order valence-electron chi connectivity index (χ1n) is 3.36. The first-order chi connectivity index (χ1) is 5.01. The quantitative estimate of drug-likeness (QED) is 0.711. The zero-order chi connectivity index (χ0) is 8.48. The van der Waals surface area contributed by atoms with Gasteiger partial charge in [0.05, 0.1) is 0 Å². The van der Waals surface area contributed by atoms with Gasteiger partial charge in [0, 0.05) is 11.9 Å². The number of halogens is 3. The molecule has 0 heterocycles. The first kappa shape index (κ1) is 9.19. The van der Waals surface area contributed by atoms with Gasteiger partial charge in [0.2, 0.25) is 0 Å². The standard InChI is InChI=1S/C6H9F3OS/c7-6(8,9)11-5-1-4(2-5)3-10/h4-5,10H,1-3H2. The molecule has 0 radical (unpaired) electrons. The minimum Gasteiger partial charge on any atom is -0.396 e. The Balaban J connectivity index is 2.14. The van der Waals surface area contributed by atoms with Gasteiger partial charge in [-0.05, 0) is 30.5 Å². The summed E-state index contributed by atoms with van der Waals surface area (Å²) in [4.78, 5) is 0. The van der Waals surface area contributed by atoms with Crippen LogP contribution in [0.4, 0.5) is 13.2 Å². The highest BCUT2D eigenvalue weighted by Gasteiger charge is 2.39. The molecule has 1 aliphatic rings. The third kappa shape index (κ3) is 2.91. The fourth-order valence-electron chi connectivity index (χ4n) is 1.11. The maximum Gasteiger partial charge on any atom is 0.442 e. The Hall–Kier alpha value is 0.100. The largest absolute Gasteiger partial charge is 0.442 e. The third-order valence-corrected chi connectivity index (χ3v) is 2.74. The highest BCUT2D eigenvalue weighted by molar-refractivity contribution is 8.00. The van der Waals surface area contributed by atoms with Crippen molar-refractivity contribution in [3.63, 3.8) is 0 Å². The average Bonchev–Trinajstić information content (AvgIpc) is 1.75. The summed E-state index contributed by atoms with van der Waals surface area (Å²) in [6, 6.07) is 0. The summed E-state index contributed by atoms with van der Waals surface area (Å²) in [7, 11) is 0. The summed E-state index contributed by atoms with van der Waals surface area (Å²) >= 11 is 0.0515. The van der Waals surface area contributed by atoms with Crippen molar-refractivity contribution >= 4 is 11.8 Å². The van der Waals surface area contributed by atoms with Crippen LogP contribution in [-0.4, -0.2) is 22.5 Å². The molecule has 0 saturated heterocycles. The Morgan fingerprint density at radius 3 is 2.27 bits per heavy atom. The lowest BCUT2D eigenvalue weighted by atomic mass is 9.86. The van der Waals surface area contributed by atoms with Crippen LogP contribution in [0.3, 0.4) is 0 Å². The lowest BCUT2D eigenvalue weighted by Crippen LogP contribution is -2.30. The molecule has 0 aliphatic heterocycles. The van der Waals surface area contributed by atoms with Crippen molar-refractivity contribution in [2.24, 2.45) is 5.92 Å².